The topological polar surface area (TPSA) is 26.3 Å². The highest BCUT2D eigenvalue weighted by atomic mass is 16.5. The molecular formula is C18H30O2. The molecule has 0 aliphatic heterocycles. The van der Waals surface area contributed by atoms with Gasteiger partial charge in [-0.05, 0) is 37.0 Å². The maximum atomic E-state index is 11.9. The summed E-state index contributed by atoms with van der Waals surface area (Å²) < 4.78 is 5.60. The molecule has 114 valence electrons. The number of carbonyl (C=O) groups excluding carboxylic acids is 1. The fourth-order valence-corrected chi connectivity index (χ4v) is 4.42. The molecule has 3 atom stereocenters. The third kappa shape index (κ3) is 2.89. The van der Waals surface area contributed by atoms with Crippen LogP contribution in [0.5, 0.6) is 0 Å². The Bertz CT molecular complexity index is 354. The molecule has 0 saturated heterocycles. The summed E-state index contributed by atoms with van der Waals surface area (Å²) >= 11 is 0. The molecule has 0 amide bonds. The van der Waals surface area contributed by atoms with E-state index in [1.54, 1.807) is 0 Å². The van der Waals surface area contributed by atoms with Crippen LogP contribution < -0.4 is 0 Å². The molecular weight excluding hydrogens is 248 g/mol. The summed E-state index contributed by atoms with van der Waals surface area (Å²) in [5, 5.41) is 0. The molecule has 2 heteroatoms. The molecule has 0 N–H and O–H groups in total. The zero-order chi connectivity index (χ0) is 14.2. The fraction of sp³-hybridized carbons (Fsp3) is 0.944. The van der Waals surface area contributed by atoms with Crippen LogP contribution in [0, 0.1) is 29.1 Å². The van der Waals surface area contributed by atoms with E-state index < -0.39 is 0 Å². The van der Waals surface area contributed by atoms with Gasteiger partial charge in [0.15, 0.2) is 0 Å². The van der Waals surface area contributed by atoms with Gasteiger partial charge in [0, 0.05) is 5.41 Å². The van der Waals surface area contributed by atoms with E-state index in [2.05, 4.69) is 13.8 Å². The molecule has 20 heavy (non-hydrogen) atoms. The van der Waals surface area contributed by atoms with Crippen molar-refractivity contribution in [3.05, 3.63) is 0 Å². The van der Waals surface area contributed by atoms with Crippen molar-refractivity contribution in [2.75, 3.05) is 6.61 Å². The van der Waals surface area contributed by atoms with E-state index in [0.29, 0.717) is 6.61 Å². The van der Waals surface area contributed by atoms with Gasteiger partial charge >= 0.3 is 5.97 Å². The number of rotatable bonds is 5. The lowest BCUT2D eigenvalue weighted by Crippen LogP contribution is -2.27. The van der Waals surface area contributed by atoms with Crippen LogP contribution in [-0.4, -0.2) is 12.6 Å². The zero-order valence-corrected chi connectivity index (χ0v) is 13.2. The Morgan fingerprint density at radius 3 is 2.45 bits per heavy atom. The van der Waals surface area contributed by atoms with Gasteiger partial charge in [-0.2, -0.15) is 0 Å². The van der Waals surface area contributed by atoms with Gasteiger partial charge in [-0.25, -0.2) is 0 Å². The molecule has 2 nitrogen and oxygen atoms in total. The van der Waals surface area contributed by atoms with Crippen LogP contribution in [0.25, 0.3) is 0 Å². The molecule has 3 aliphatic carbocycles. The van der Waals surface area contributed by atoms with Gasteiger partial charge in [0.1, 0.15) is 0 Å². The summed E-state index contributed by atoms with van der Waals surface area (Å²) in [5.41, 5.74) is 0.288. The lowest BCUT2D eigenvalue weighted by Gasteiger charge is -2.29. The predicted octanol–water partition coefficient (Wildman–Crippen LogP) is 4.57. The zero-order valence-electron chi connectivity index (χ0n) is 13.2. The van der Waals surface area contributed by atoms with Gasteiger partial charge in [-0.15, -0.1) is 0 Å². The molecule has 0 aromatic rings. The van der Waals surface area contributed by atoms with Crippen molar-refractivity contribution in [2.45, 2.75) is 71.6 Å². The van der Waals surface area contributed by atoms with Gasteiger partial charge < -0.3 is 4.74 Å². The number of hydrogen-bond acceptors (Lipinski definition) is 2. The maximum absolute atomic E-state index is 11.9. The van der Waals surface area contributed by atoms with Crippen molar-refractivity contribution in [1.29, 1.82) is 0 Å². The summed E-state index contributed by atoms with van der Waals surface area (Å²) in [5.74, 6) is 2.85. The van der Waals surface area contributed by atoms with Crippen LogP contribution in [-0.2, 0) is 9.53 Å². The van der Waals surface area contributed by atoms with E-state index >= 15 is 0 Å². The van der Waals surface area contributed by atoms with Crippen molar-refractivity contribution in [3.63, 3.8) is 0 Å². The SMILES string of the molecule is CC(C1CCCCC1)C1CC1(C)COC(=O)C1CCC1. The molecule has 3 rings (SSSR count). The van der Waals surface area contributed by atoms with Crippen LogP contribution in [0.2, 0.25) is 0 Å². The lowest BCUT2D eigenvalue weighted by atomic mass is 9.77. The smallest absolute Gasteiger partial charge is 0.308 e. The summed E-state index contributed by atoms with van der Waals surface area (Å²) in [4.78, 5) is 11.9. The van der Waals surface area contributed by atoms with Crippen LogP contribution >= 0.6 is 0 Å². The van der Waals surface area contributed by atoms with Crippen molar-refractivity contribution < 1.29 is 9.53 Å². The van der Waals surface area contributed by atoms with Crippen molar-refractivity contribution in [1.82, 2.24) is 0 Å². The van der Waals surface area contributed by atoms with Crippen LogP contribution in [0.4, 0.5) is 0 Å². The first-order valence-electron chi connectivity index (χ1n) is 8.77. The highest BCUT2D eigenvalue weighted by Crippen LogP contribution is 2.59. The average molecular weight is 278 g/mol. The first-order chi connectivity index (χ1) is 9.60. The second-order valence-electron chi connectivity index (χ2n) is 7.96. The molecule has 0 bridgehead atoms. The number of carbonyl (C=O) groups is 1. The standard InChI is InChI=1S/C18H30O2/c1-13(14-7-4-3-5-8-14)16-11-18(16,2)12-20-17(19)15-9-6-10-15/h13-16H,3-12H2,1-2H3. The average Bonchev–Trinajstić information content (AvgIpc) is 3.07. The third-order valence-corrected chi connectivity index (χ3v) is 6.43. The first-order valence-corrected chi connectivity index (χ1v) is 8.77. The second kappa shape index (κ2) is 5.69. The lowest BCUT2D eigenvalue weighted by molar-refractivity contribution is -0.153. The third-order valence-electron chi connectivity index (χ3n) is 6.43. The van der Waals surface area contributed by atoms with Gasteiger partial charge in [-0.1, -0.05) is 52.4 Å². The Hall–Kier alpha value is -0.530. The predicted molar refractivity (Wildman–Crippen MR) is 80.3 cm³/mol. The molecule has 0 heterocycles. The Balaban J connectivity index is 1.44. The maximum Gasteiger partial charge on any atom is 0.308 e. The fourth-order valence-electron chi connectivity index (χ4n) is 4.42. The minimum atomic E-state index is 0.0773. The van der Waals surface area contributed by atoms with E-state index in [0.717, 1.165) is 30.6 Å². The van der Waals surface area contributed by atoms with Crippen LogP contribution in [0.15, 0.2) is 0 Å². The minimum absolute atomic E-state index is 0.0773. The first kappa shape index (κ1) is 14.4. The Kier molecular flexibility index (Phi) is 4.10. The van der Waals surface area contributed by atoms with E-state index in [-0.39, 0.29) is 17.3 Å². The quantitative estimate of drug-likeness (QED) is 0.688. The summed E-state index contributed by atoms with van der Waals surface area (Å²) in [6.07, 6.45) is 11.7. The van der Waals surface area contributed by atoms with E-state index in [9.17, 15) is 4.79 Å². The highest BCUT2D eigenvalue weighted by Gasteiger charge is 2.54. The summed E-state index contributed by atoms with van der Waals surface area (Å²) in [6.45, 7) is 5.44. The molecule has 0 radical (unpaired) electrons. The van der Waals surface area contributed by atoms with Crippen molar-refractivity contribution in [2.24, 2.45) is 29.1 Å². The summed E-state index contributed by atoms with van der Waals surface area (Å²) in [7, 11) is 0. The molecule has 0 spiro atoms. The molecule has 3 unspecified atom stereocenters. The van der Waals surface area contributed by atoms with E-state index in [1.807, 2.05) is 0 Å². The normalized spacial score (nSPS) is 36.2. The molecule has 3 aliphatic rings. The Morgan fingerprint density at radius 1 is 1.15 bits per heavy atom. The molecule has 0 aromatic carbocycles. The molecule has 3 saturated carbocycles. The van der Waals surface area contributed by atoms with Crippen LogP contribution in [0.3, 0.4) is 0 Å². The Morgan fingerprint density at radius 2 is 1.85 bits per heavy atom. The van der Waals surface area contributed by atoms with Crippen LogP contribution in [0.1, 0.15) is 71.6 Å². The summed E-state index contributed by atoms with van der Waals surface area (Å²) in [6, 6.07) is 0. The molecule has 3 fully saturated rings. The van der Waals surface area contributed by atoms with E-state index in [1.165, 1.54) is 44.9 Å². The van der Waals surface area contributed by atoms with Gasteiger partial charge in [0.2, 0.25) is 0 Å². The molecule has 0 aromatic heterocycles. The number of hydrogen-bond donors (Lipinski definition) is 0. The second-order valence-corrected chi connectivity index (χ2v) is 7.96. The van der Waals surface area contributed by atoms with E-state index in [4.69, 9.17) is 4.74 Å². The van der Waals surface area contributed by atoms with Crippen molar-refractivity contribution in [3.8, 4) is 0 Å². The largest absolute Gasteiger partial charge is 0.465 e. The number of ether oxygens (including phenoxy) is 1. The monoisotopic (exact) mass is 278 g/mol. The van der Waals surface area contributed by atoms with Gasteiger partial charge in [-0.3, -0.25) is 4.79 Å². The van der Waals surface area contributed by atoms with Gasteiger partial charge in [0.25, 0.3) is 0 Å². The minimum Gasteiger partial charge on any atom is -0.465 e. The Labute approximate surface area is 123 Å². The van der Waals surface area contributed by atoms with Crippen molar-refractivity contribution >= 4 is 5.97 Å². The van der Waals surface area contributed by atoms with Gasteiger partial charge in [0.05, 0.1) is 12.5 Å². The number of esters is 1. The highest BCUT2D eigenvalue weighted by molar-refractivity contribution is 5.73.